The molecule has 1 aliphatic rings. The quantitative estimate of drug-likeness (QED) is 0.350. The molecule has 0 spiro atoms. The molecule has 1 aliphatic carbocycles. The maximum atomic E-state index is 13.9. The van der Waals surface area contributed by atoms with Crippen LogP contribution >= 0.6 is 11.9 Å². The van der Waals surface area contributed by atoms with Crippen LogP contribution in [0.1, 0.15) is 53.9 Å². The van der Waals surface area contributed by atoms with E-state index in [2.05, 4.69) is 21.8 Å². The number of rotatable bonds is 8. The second kappa shape index (κ2) is 10.9. The van der Waals surface area contributed by atoms with Crippen molar-refractivity contribution >= 4 is 35.5 Å². The van der Waals surface area contributed by atoms with Crippen LogP contribution in [0, 0.1) is 5.82 Å². The third-order valence-electron chi connectivity index (χ3n) is 5.23. The first-order valence-corrected chi connectivity index (χ1v) is 10.9. The molecule has 164 valence electrons. The molecule has 1 fully saturated rings. The summed E-state index contributed by atoms with van der Waals surface area (Å²) >= 11 is 1.04. The SMILES string of the molecule is COc1cc(C(=O)O)c(F)cc1NS/C(N)=C/C=Nc1ccc(C2CCCCC2)cc1. The first-order chi connectivity index (χ1) is 15.0. The third kappa shape index (κ3) is 6.24. The summed E-state index contributed by atoms with van der Waals surface area (Å²) in [4.78, 5) is 15.4. The first-order valence-electron chi connectivity index (χ1n) is 10.1. The molecule has 2 aromatic rings. The molecule has 0 saturated heterocycles. The summed E-state index contributed by atoms with van der Waals surface area (Å²) in [6.45, 7) is 0. The van der Waals surface area contributed by atoms with Crippen LogP contribution in [-0.2, 0) is 0 Å². The van der Waals surface area contributed by atoms with Crippen LogP contribution in [0.3, 0.4) is 0 Å². The van der Waals surface area contributed by atoms with Gasteiger partial charge in [0.2, 0.25) is 0 Å². The van der Waals surface area contributed by atoms with Crippen molar-refractivity contribution in [2.75, 3.05) is 11.8 Å². The Balaban J connectivity index is 1.58. The van der Waals surface area contributed by atoms with Crippen LogP contribution in [0.25, 0.3) is 0 Å². The second-order valence-electron chi connectivity index (χ2n) is 7.32. The van der Waals surface area contributed by atoms with Crippen molar-refractivity contribution in [3.05, 3.63) is 64.4 Å². The summed E-state index contributed by atoms with van der Waals surface area (Å²) in [5, 5.41) is 9.40. The van der Waals surface area contributed by atoms with E-state index in [1.807, 2.05) is 12.1 Å². The number of nitrogens with zero attached hydrogens (tertiary/aromatic N) is 1. The number of hydrogen-bond donors (Lipinski definition) is 3. The summed E-state index contributed by atoms with van der Waals surface area (Å²) in [5.41, 5.74) is 8.00. The number of nitrogens with one attached hydrogen (secondary N) is 1. The van der Waals surface area contributed by atoms with Crippen LogP contribution in [0.15, 0.2) is 52.5 Å². The molecule has 3 rings (SSSR count). The fraction of sp³-hybridized carbons (Fsp3) is 0.304. The Morgan fingerprint density at radius 3 is 2.61 bits per heavy atom. The van der Waals surface area contributed by atoms with E-state index in [9.17, 15) is 9.18 Å². The second-order valence-corrected chi connectivity index (χ2v) is 8.19. The van der Waals surface area contributed by atoms with Crippen molar-refractivity contribution in [2.45, 2.75) is 38.0 Å². The van der Waals surface area contributed by atoms with Gasteiger partial charge >= 0.3 is 5.97 Å². The highest BCUT2D eigenvalue weighted by Gasteiger charge is 2.16. The van der Waals surface area contributed by atoms with Crippen LogP contribution in [0.5, 0.6) is 5.75 Å². The van der Waals surface area contributed by atoms with E-state index < -0.39 is 17.3 Å². The molecule has 0 amide bonds. The molecule has 4 N–H and O–H groups in total. The number of aliphatic imine (C=N–C) groups is 1. The molecule has 8 heteroatoms. The standard InChI is InChI=1S/C23H26FN3O3S/c1-30-21-13-18(23(28)29)19(24)14-20(21)27-31-22(25)11-12-26-17-9-7-16(8-10-17)15-5-3-2-4-6-15/h7-15,27H,2-6,25H2,1H3,(H,28,29)/b22-11+,26-12?. The Morgan fingerprint density at radius 2 is 1.97 bits per heavy atom. The van der Waals surface area contributed by atoms with E-state index >= 15 is 0 Å². The molecule has 0 heterocycles. The molecule has 31 heavy (non-hydrogen) atoms. The molecule has 1 saturated carbocycles. The maximum absolute atomic E-state index is 13.9. The van der Waals surface area contributed by atoms with Gasteiger partial charge in [-0.25, -0.2) is 9.18 Å². The predicted molar refractivity (Wildman–Crippen MR) is 124 cm³/mol. The van der Waals surface area contributed by atoms with E-state index in [4.69, 9.17) is 15.6 Å². The van der Waals surface area contributed by atoms with Gasteiger partial charge in [-0.3, -0.25) is 4.99 Å². The molecule has 0 aromatic heterocycles. The van der Waals surface area contributed by atoms with Crippen LogP contribution in [0.4, 0.5) is 15.8 Å². The normalized spacial score (nSPS) is 15.2. The lowest BCUT2D eigenvalue weighted by molar-refractivity contribution is 0.0691. The highest BCUT2D eigenvalue weighted by atomic mass is 32.2. The van der Waals surface area contributed by atoms with Gasteiger partial charge in [0.05, 0.1) is 29.1 Å². The van der Waals surface area contributed by atoms with E-state index in [0.29, 0.717) is 10.9 Å². The molecular weight excluding hydrogens is 417 g/mol. The fourth-order valence-electron chi connectivity index (χ4n) is 3.58. The van der Waals surface area contributed by atoms with Crippen LogP contribution in [-0.4, -0.2) is 24.4 Å². The van der Waals surface area contributed by atoms with Crippen molar-refractivity contribution in [2.24, 2.45) is 10.7 Å². The third-order valence-corrected chi connectivity index (χ3v) is 5.92. The van der Waals surface area contributed by atoms with E-state index in [-0.39, 0.29) is 11.4 Å². The minimum absolute atomic E-state index is 0.200. The zero-order chi connectivity index (χ0) is 22.2. The van der Waals surface area contributed by atoms with Gasteiger partial charge < -0.3 is 20.3 Å². The average molecular weight is 444 g/mol. The number of carboxylic acid groups (broad SMARTS) is 1. The van der Waals surface area contributed by atoms with Gasteiger partial charge in [-0.15, -0.1) is 0 Å². The Hall–Kier alpha value is -3.00. The number of carbonyl (C=O) groups is 1. The molecule has 0 bridgehead atoms. The molecular formula is C23H26FN3O3S. The number of methoxy groups -OCH3 is 1. The van der Waals surface area contributed by atoms with E-state index in [1.165, 1.54) is 44.8 Å². The number of nitrogens with two attached hydrogens (primary N) is 1. The monoisotopic (exact) mass is 443 g/mol. The molecule has 6 nitrogen and oxygen atoms in total. The van der Waals surface area contributed by atoms with Gasteiger partial charge in [0, 0.05) is 24.2 Å². The van der Waals surface area contributed by atoms with Gasteiger partial charge in [-0.05, 0) is 48.6 Å². The van der Waals surface area contributed by atoms with Gasteiger partial charge in [-0.2, -0.15) is 0 Å². The van der Waals surface area contributed by atoms with Crippen LogP contribution < -0.4 is 15.2 Å². The topological polar surface area (TPSA) is 96.9 Å². The van der Waals surface area contributed by atoms with Crippen molar-refractivity contribution in [3.8, 4) is 5.75 Å². The van der Waals surface area contributed by atoms with Gasteiger partial charge in [0.15, 0.2) is 0 Å². The number of benzene rings is 2. The number of ether oxygens (including phenoxy) is 1. The van der Waals surface area contributed by atoms with E-state index in [0.717, 1.165) is 29.8 Å². The van der Waals surface area contributed by atoms with Crippen molar-refractivity contribution in [3.63, 3.8) is 0 Å². The van der Waals surface area contributed by atoms with Gasteiger partial charge in [0.25, 0.3) is 0 Å². The fourth-order valence-corrected chi connectivity index (χ4v) is 4.10. The maximum Gasteiger partial charge on any atom is 0.338 e. The predicted octanol–water partition coefficient (Wildman–Crippen LogP) is 5.84. The highest BCUT2D eigenvalue weighted by molar-refractivity contribution is 8.04. The lowest BCUT2D eigenvalue weighted by Gasteiger charge is -2.21. The van der Waals surface area contributed by atoms with E-state index in [1.54, 1.807) is 12.3 Å². The lowest BCUT2D eigenvalue weighted by atomic mass is 9.84. The summed E-state index contributed by atoms with van der Waals surface area (Å²) < 4.78 is 21.9. The molecule has 0 unspecified atom stereocenters. The summed E-state index contributed by atoms with van der Waals surface area (Å²) in [6.07, 6.45) is 9.71. The molecule has 0 radical (unpaired) electrons. The van der Waals surface area contributed by atoms with Gasteiger partial charge in [-0.1, -0.05) is 31.4 Å². The number of aromatic carboxylic acids is 1. The number of carboxylic acids is 1. The van der Waals surface area contributed by atoms with Crippen molar-refractivity contribution in [1.29, 1.82) is 0 Å². The summed E-state index contributed by atoms with van der Waals surface area (Å²) in [7, 11) is 1.38. The lowest BCUT2D eigenvalue weighted by Crippen LogP contribution is -2.04. The minimum atomic E-state index is -1.36. The first kappa shape index (κ1) is 22.7. The van der Waals surface area contributed by atoms with Crippen molar-refractivity contribution in [1.82, 2.24) is 0 Å². The zero-order valence-corrected chi connectivity index (χ0v) is 18.1. The summed E-state index contributed by atoms with van der Waals surface area (Å²) in [6, 6.07) is 10.5. The Morgan fingerprint density at radius 1 is 1.26 bits per heavy atom. The average Bonchev–Trinajstić information content (AvgIpc) is 2.78. The highest BCUT2D eigenvalue weighted by Crippen LogP contribution is 2.33. The number of anilines is 1. The number of halogens is 1. The van der Waals surface area contributed by atoms with Crippen molar-refractivity contribution < 1.29 is 19.0 Å². The zero-order valence-electron chi connectivity index (χ0n) is 17.3. The molecule has 0 atom stereocenters. The van der Waals surface area contributed by atoms with Crippen LogP contribution in [0.2, 0.25) is 0 Å². The molecule has 0 aliphatic heterocycles. The Labute approximate surface area is 185 Å². The summed E-state index contributed by atoms with van der Waals surface area (Å²) in [5.74, 6) is -1.36. The largest absolute Gasteiger partial charge is 0.495 e. The smallest absolute Gasteiger partial charge is 0.338 e. The number of hydrogen-bond acceptors (Lipinski definition) is 6. The van der Waals surface area contributed by atoms with Gasteiger partial charge in [0.1, 0.15) is 11.6 Å². The minimum Gasteiger partial charge on any atom is -0.495 e. The Bertz CT molecular complexity index is 971. The molecule has 2 aromatic carbocycles. The Kier molecular flexibility index (Phi) is 7.94. The number of allylic oxidation sites excluding steroid dienone is 1.